The van der Waals surface area contributed by atoms with Gasteiger partial charge < -0.3 is 9.84 Å². The lowest BCUT2D eigenvalue weighted by molar-refractivity contribution is -0.138. The van der Waals surface area contributed by atoms with Gasteiger partial charge in [-0.3, -0.25) is 4.79 Å². The third kappa shape index (κ3) is 2.47. The van der Waals surface area contributed by atoms with Crippen molar-refractivity contribution < 1.29 is 27.8 Å². The first-order valence-corrected chi connectivity index (χ1v) is 8.41. The maximum absolute atomic E-state index is 15.3. The first kappa shape index (κ1) is 16.9. The molecule has 136 valence electrons. The van der Waals surface area contributed by atoms with Gasteiger partial charge in [0.25, 0.3) is 0 Å². The fraction of sp³-hybridized carbons (Fsp3) is 0.350. The maximum atomic E-state index is 15.3. The highest BCUT2D eigenvalue weighted by Crippen LogP contribution is 2.52. The second kappa shape index (κ2) is 5.76. The van der Waals surface area contributed by atoms with Crippen molar-refractivity contribution in [1.29, 1.82) is 0 Å². The van der Waals surface area contributed by atoms with E-state index in [9.17, 15) is 13.6 Å². The number of carbonyl (C=O) groups is 1. The van der Waals surface area contributed by atoms with Gasteiger partial charge in [0.1, 0.15) is 5.75 Å². The molecule has 26 heavy (non-hydrogen) atoms. The zero-order chi connectivity index (χ0) is 18.6. The lowest BCUT2D eigenvalue weighted by Crippen LogP contribution is -2.35. The molecule has 5 atom stereocenters. The van der Waals surface area contributed by atoms with Crippen LogP contribution in [0.4, 0.5) is 13.2 Å². The van der Waals surface area contributed by atoms with Gasteiger partial charge in [0.15, 0.2) is 6.17 Å². The van der Waals surface area contributed by atoms with E-state index < -0.39 is 30.1 Å². The van der Waals surface area contributed by atoms with Gasteiger partial charge in [-0.2, -0.15) is 4.39 Å². The van der Waals surface area contributed by atoms with Gasteiger partial charge in [-0.1, -0.05) is 30.3 Å². The van der Waals surface area contributed by atoms with Gasteiger partial charge in [0.2, 0.25) is 6.17 Å². The minimum atomic E-state index is -2.90. The van der Waals surface area contributed by atoms with Crippen LogP contribution in [0.15, 0.2) is 42.5 Å². The van der Waals surface area contributed by atoms with Crippen LogP contribution in [-0.2, 0) is 10.6 Å². The fourth-order valence-corrected chi connectivity index (χ4v) is 3.73. The Morgan fingerprint density at radius 2 is 1.88 bits per heavy atom. The van der Waals surface area contributed by atoms with Crippen molar-refractivity contribution in [2.45, 2.75) is 37.5 Å². The van der Waals surface area contributed by atoms with Crippen LogP contribution in [0.1, 0.15) is 40.8 Å². The molecule has 2 aliphatic rings. The highest BCUT2D eigenvalue weighted by Gasteiger charge is 2.57. The summed E-state index contributed by atoms with van der Waals surface area (Å²) >= 11 is 0. The number of fused-ring (bicyclic) bond motifs is 1. The molecule has 0 saturated heterocycles. The summed E-state index contributed by atoms with van der Waals surface area (Å²) in [4.78, 5) is 10.9. The molecule has 0 bridgehead atoms. The molecule has 1 fully saturated rings. The number of ether oxygens (including phenoxy) is 1. The van der Waals surface area contributed by atoms with Gasteiger partial charge in [-0.25, -0.2) is 8.78 Å². The van der Waals surface area contributed by atoms with Gasteiger partial charge in [0.05, 0.1) is 5.92 Å². The molecule has 0 spiro atoms. The second-order valence-corrected chi connectivity index (χ2v) is 6.94. The topological polar surface area (TPSA) is 46.5 Å². The number of aryl methyl sites for hydroxylation is 1. The molecule has 0 aliphatic heterocycles. The Labute approximate surface area is 148 Å². The fourth-order valence-electron chi connectivity index (χ4n) is 3.73. The number of aliphatic carboxylic acids is 1. The van der Waals surface area contributed by atoms with E-state index in [0.717, 1.165) is 5.56 Å². The molecule has 2 aromatic carbocycles. The highest BCUT2D eigenvalue weighted by atomic mass is 19.2. The molecule has 0 heterocycles. The standard InChI is InChI=1S/C20H17F3O3/c1-10-3-2-4-15-16(10)17(21)18(22)20(15,23)26-12-7-5-11(6-8-12)13-9-14(13)19(24)25/h2-8,13-14,17-18H,9H2,1H3,(H,24,25)/t13-,14+,17?,18?,20+/m1/s1. The lowest BCUT2D eigenvalue weighted by Gasteiger charge is -2.25. The third-order valence-electron chi connectivity index (χ3n) is 5.26. The summed E-state index contributed by atoms with van der Waals surface area (Å²) in [6, 6.07) is 10.7. The molecule has 2 unspecified atom stereocenters. The molecule has 3 nitrogen and oxygen atoms in total. The number of alkyl halides is 3. The van der Waals surface area contributed by atoms with E-state index >= 15 is 4.39 Å². The Balaban J connectivity index is 1.59. The van der Waals surface area contributed by atoms with Crippen molar-refractivity contribution in [3.63, 3.8) is 0 Å². The van der Waals surface area contributed by atoms with Gasteiger partial charge in [-0.05, 0) is 42.5 Å². The Bertz CT molecular complexity index is 867. The molecule has 1 N–H and O–H groups in total. The van der Waals surface area contributed by atoms with Crippen LogP contribution in [-0.4, -0.2) is 17.2 Å². The molecule has 2 aliphatic carbocycles. The molecule has 4 rings (SSSR count). The van der Waals surface area contributed by atoms with E-state index in [-0.39, 0.29) is 22.8 Å². The van der Waals surface area contributed by atoms with Crippen LogP contribution in [0.5, 0.6) is 5.75 Å². The SMILES string of the molecule is Cc1cccc2c1C(F)C(F)[C@@]2(F)Oc1ccc([C@H]2C[C@@H]2C(=O)O)cc1. The van der Waals surface area contributed by atoms with Crippen LogP contribution in [0.3, 0.4) is 0 Å². The lowest BCUT2D eigenvalue weighted by atomic mass is 10.0. The van der Waals surface area contributed by atoms with Gasteiger partial charge >= 0.3 is 11.8 Å². The van der Waals surface area contributed by atoms with E-state index in [4.69, 9.17) is 9.84 Å². The molecular weight excluding hydrogens is 345 g/mol. The van der Waals surface area contributed by atoms with E-state index in [1.807, 2.05) is 0 Å². The van der Waals surface area contributed by atoms with Crippen molar-refractivity contribution in [2.75, 3.05) is 0 Å². The van der Waals surface area contributed by atoms with Crippen LogP contribution < -0.4 is 4.74 Å². The summed E-state index contributed by atoms with van der Waals surface area (Å²) in [6.07, 6.45) is -3.98. The normalized spacial score (nSPS) is 32.2. The zero-order valence-electron chi connectivity index (χ0n) is 14.0. The summed E-state index contributed by atoms with van der Waals surface area (Å²) in [6.45, 7) is 1.60. The monoisotopic (exact) mass is 362 g/mol. The molecule has 1 saturated carbocycles. The Morgan fingerprint density at radius 3 is 2.50 bits per heavy atom. The number of benzene rings is 2. The van der Waals surface area contributed by atoms with Gasteiger partial charge in [-0.15, -0.1) is 0 Å². The summed E-state index contributed by atoms with van der Waals surface area (Å²) in [7, 11) is 0. The predicted octanol–water partition coefficient (Wildman–Crippen LogP) is 4.75. The molecular formula is C20H17F3O3. The summed E-state index contributed by atoms with van der Waals surface area (Å²) in [5.74, 6) is -4.15. The van der Waals surface area contributed by atoms with Crippen LogP contribution in [0, 0.1) is 12.8 Å². The molecule has 0 amide bonds. The quantitative estimate of drug-likeness (QED) is 0.854. The van der Waals surface area contributed by atoms with E-state index in [1.54, 1.807) is 31.2 Å². The van der Waals surface area contributed by atoms with Crippen molar-refractivity contribution in [3.05, 3.63) is 64.7 Å². The highest BCUT2D eigenvalue weighted by molar-refractivity contribution is 5.75. The Morgan fingerprint density at radius 1 is 1.19 bits per heavy atom. The zero-order valence-corrected chi connectivity index (χ0v) is 14.0. The first-order chi connectivity index (χ1) is 12.3. The smallest absolute Gasteiger partial charge is 0.308 e. The van der Waals surface area contributed by atoms with Crippen LogP contribution >= 0.6 is 0 Å². The molecule has 2 aromatic rings. The summed E-state index contributed by atoms with van der Waals surface area (Å²) < 4.78 is 49.4. The molecule has 0 radical (unpaired) electrons. The van der Waals surface area contributed by atoms with Crippen molar-refractivity contribution >= 4 is 5.97 Å². The maximum Gasteiger partial charge on any atom is 0.308 e. The van der Waals surface area contributed by atoms with E-state index in [0.29, 0.717) is 12.0 Å². The number of hydrogen-bond donors (Lipinski definition) is 1. The predicted molar refractivity (Wildman–Crippen MR) is 88.3 cm³/mol. The van der Waals surface area contributed by atoms with Crippen molar-refractivity contribution in [3.8, 4) is 5.75 Å². The first-order valence-electron chi connectivity index (χ1n) is 8.41. The molecule has 0 aromatic heterocycles. The minimum absolute atomic E-state index is 0.00130. The average molecular weight is 362 g/mol. The van der Waals surface area contributed by atoms with Crippen molar-refractivity contribution in [2.24, 2.45) is 5.92 Å². The van der Waals surface area contributed by atoms with E-state index in [2.05, 4.69) is 0 Å². The van der Waals surface area contributed by atoms with E-state index in [1.165, 1.54) is 18.2 Å². The van der Waals surface area contributed by atoms with Crippen LogP contribution in [0.25, 0.3) is 0 Å². The van der Waals surface area contributed by atoms with Crippen molar-refractivity contribution in [1.82, 2.24) is 0 Å². The number of hydrogen-bond acceptors (Lipinski definition) is 2. The second-order valence-electron chi connectivity index (χ2n) is 6.94. The number of carboxylic acid groups (broad SMARTS) is 1. The number of rotatable bonds is 4. The molecule has 6 heteroatoms. The Hall–Kier alpha value is -2.50. The van der Waals surface area contributed by atoms with Crippen LogP contribution in [0.2, 0.25) is 0 Å². The Kier molecular flexibility index (Phi) is 3.75. The summed E-state index contributed by atoms with van der Waals surface area (Å²) in [5.41, 5.74) is 1.15. The average Bonchev–Trinajstić information content (AvgIpc) is 3.38. The largest absolute Gasteiger partial charge is 0.481 e. The number of halogens is 3. The minimum Gasteiger partial charge on any atom is -0.481 e. The number of carboxylic acids is 1. The van der Waals surface area contributed by atoms with Gasteiger partial charge in [0, 0.05) is 11.1 Å². The third-order valence-corrected chi connectivity index (χ3v) is 5.26. The summed E-state index contributed by atoms with van der Waals surface area (Å²) in [5, 5.41) is 8.98.